The van der Waals surface area contributed by atoms with E-state index in [0.717, 1.165) is 44.5 Å². The van der Waals surface area contributed by atoms with Gasteiger partial charge in [-0.1, -0.05) is 48.5 Å². The van der Waals surface area contributed by atoms with E-state index >= 15 is 0 Å². The fourth-order valence-corrected chi connectivity index (χ4v) is 5.60. The van der Waals surface area contributed by atoms with Crippen LogP contribution in [-0.2, 0) is 5.41 Å². The second kappa shape index (κ2) is 6.42. The third-order valence-electron chi connectivity index (χ3n) is 6.85. The van der Waals surface area contributed by atoms with E-state index in [1.54, 1.807) is 12.1 Å². The second-order valence-corrected chi connectivity index (χ2v) is 8.18. The number of rotatable bonds is 0. The van der Waals surface area contributed by atoms with Crippen LogP contribution in [0, 0.1) is 45.3 Å². The van der Waals surface area contributed by atoms with Crippen LogP contribution in [0.25, 0.3) is 22.3 Å². The summed E-state index contributed by atoms with van der Waals surface area (Å²) in [7, 11) is 0. The summed E-state index contributed by atoms with van der Waals surface area (Å²) in [6.45, 7) is 0. The first-order valence-corrected chi connectivity index (χ1v) is 10.4. The van der Waals surface area contributed by atoms with Gasteiger partial charge in [0.1, 0.15) is 24.3 Å². The number of benzene rings is 4. The zero-order valence-corrected chi connectivity index (χ0v) is 17.2. The van der Waals surface area contributed by atoms with E-state index in [4.69, 9.17) is 0 Å². The van der Waals surface area contributed by atoms with E-state index in [1.807, 2.05) is 48.5 Å². The molecule has 6 rings (SSSR count). The van der Waals surface area contributed by atoms with Gasteiger partial charge in [-0.3, -0.25) is 0 Å². The number of hydrogen-bond acceptors (Lipinski definition) is 4. The predicted molar refractivity (Wildman–Crippen MR) is 122 cm³/mol. The fourth-order valence-electron chi connectivity index (χ4n) is 5.60. The zero-order chi connectivity index (χ0) is 22.7. The Balaban J connectivity index is 1.87. The molecule has 0 amide bonds. The molecule has 0 radical (unpaired) electrons. The van der Waals surface area contributed by atoms with Crippen LogP contribution in [0.1, 0.15) is 44.5 Å². The summed E-state index contributed by atoms with van der Waals surface area (Å²) < 4.78 is 0. The monoisotopic (exact) mass is 416 g/mol. The predicted octanol–water partition coefficient (Wildman–Crippen LogP) is 5.52. The van der Waals surface area contributed by atoms with Crippen molar-refractivity contribution >= 4 is 0 Å². The van der Waals surface area contributed by atoms with Crippen LogP contribution >= 0.6 is 0 Å². The van der Waals surface area contributed by atoms with Gasteiger partial charge in [-0.05, 0) is 68.8 Å². The molecule has 0 unspecified atom stereocenters. The van der Waals surface area contributed by atoms with Gasteiger partial charge in [-0.25, -0.2) is 0 Å². The van der Waals surface area contributed by atoms with Crippen molar-refractivity contribution in [3.63, 3.8) is 0 Å². The highest BCUT2D eigenvalue weighted by Gasteiger charge is 2.52. The molecule has 0 atom stereocenters. The van der Waals surface area contributed by atoms with Gasteiger partial charge in [0.25, 0.3) is 0 Å². The third kappa shape index (κ3) is 2.10. The van der Waals surface area contributed by atoms with E-state index in [1.165, 1.54) is 0 Å². The summed E-state index contributed by atoms with van der Waals surface area (Å²) in [5.74, 6) is 0. The molecule has 0 saturated heterocycles. The van der Waals surface area contributed by atoms with E-state index in [2.05, 4.69) is 36.4 Å². The van der Waals surface area contributed by atoms with Gasteiger partial charge in [0.05, 0.1) is 27.7 Å². The summed E-state index contributed by atoms with van der Waals surface area (Å²) in [6, 6.07) is 32.0. The van der Waals surface area contributed by atoms with Gasteiger partial charge in [-0.2, -0.15) is 21.0 Å². The van der Waals surface area contributed by atoms with Crippen LogP contribution in [0.5, 0.6) is 0 Å². The van der Waals surface area contributed by atoms with E-state index in [0.29, 0.717) is 22.3 Å². The van der Waals surface area contributed by atoms with Gasteiger partial charge >= 0.3 is 0 Å². The minimum absolute atomic E-state index is 0.323. The van der Waals surface area contributed by atoms with Crippen molar-refractivity contribution in [3.8, 4) is 46.5 Å². The maximum absolute atomic E-state index is 9.79. The van der Waals surface area contributed by atoms with Crippen molar-refractivity contribution in [1.29, 1.82) is 21.0 Å². The Bertz CT molecular complexity index is 1590. The molecule has 2 aliphatic carbocycles. The van der Waals surface area contributed by atoms with Gasteiger partial charge in [0.15, 0.2) is 0 Å². The van der Waals surface area contributed by atoms with Crippen LogP contribution in [-0.4, -0.2) is 0 Å². The largest absolute Gasteiger partial charge is 0.192 e. The van der Waals surface area contributed by atoms with Crippen molar-refractivity contribution in [2.45, 2.75) is 5.41 Å². The van der Waals surface area contributed by atoms with Crippen LogP contribution in [0.15, 0.2) is 72.8 Å². The van der Waals surface area contributed by atoms with Crippen molar-refractivity contribution < 1.29 is 0 Å². The average Bonchev–Trinajstić information content (AvgIpc) is 3.33. The Labute approximate surface area is 190 Å². The van der Waals surface area contributed by atoms with Crippen LogP contribution in [0.2, 0.25) is 0 Å². The lowest BCUT2D eigenvalue weighted by Gasteiger charge is -2.30. The molecule has 0 saturated carbocycles. The SMILES string of the molecule is N#Cc1cc2c(cc1C#N)C1(c3ccccc3-2)c2ccccc2-c2cc(C#N)c(C#N)cc21. The molecule has 33 heavy (non-hydrogen) atoms. The van der Waals surface area contributed by atoms with E-state index in [9.17, 15) is 21.0 Å². The topological polar surface area (TPSA) is 95.2 Å². The van der Waals surface area contributed by atoms with Gasteiger partial charge in [-0.15, -0.1) is 0 Å². The number of nitrogens with zero attached hydrogens (tertiary/aromatic N) is 4. The minimum Gasteiger partial charge on any atom is -0.192 e. The molecule has 0 bridgehead atoms. The Hall–Kier alpha value is -5.16. The number of hydrogen-bond donors (Lipinski definition) is 0. The van der Waals surface area contributed by atoms with Gasteiger partial charge < -0.3 is 0 Å². The lowest BCUT2D eigenvalue weighted by molar-refractivity contribution is 0.792. The first kappa shape index (κ1) is 18.6. The standard InChI is InChI=1S/C29H12N4/c30-13-17-9-23-21-5-1-3-7-25(21)29(27(23)11-19(17)15-32)26-8-4-2-6-22(26)24-10-18(14-31)20(16-33)12-28(24)29/h1-12H. The van der Waals surface area contributed by atoms with E-state index < -0.39 is 5.41 Å². The van der Waals surface area contributed by atoms with Crippen molar-refractivity contribution in [2.75, 3.05) is 0 Å². The Kier molecular flexibility index (Phi) is 3.62. The molecule has 0 aliphatic heterocycles. The highest BCUT2D eigenvalue weighted by atomic mass is 14.5. The Morgan fingerprint density at radius 3 is 1.18 bits per heavy atom. The summed E-state index contributed by atoms with van der Waals surface area (Å²) in [6.07, 6.45) is 0. The van der Waals surface area contributed by atoms with Crippen molar-refractivity contribution in [2.24, 2.45) is 0 Å². The molecule has 0 aromatic heterocycles. The lowest BCUT2D eigenvalue weighted by atomic mass is 9.70. The summed E-state index contributed by atoms with van der Waals surface area (Å²) in [5.41, 5.74) is 8.31. The zero-order valence-electron chi connectivity index (χ0n) is 17.2. The maximum Gasteiger partial charge on any atom is 0.101 e. The lowest BCUT2D eigenvalue weighted by Crippen LogP contribution is -2.26. The molecular formula is C29H12N4. The van der Waals surface area contributed by atoms with Crippen LogP contribution in [0.4, 0.5) is 0 Å². The third-order valence-corrected chi connectivity index (χ3v) is 6.85. The Morgan fingerprint density at radius 2 is 0.788 bits per heavy atom. The average molecular weight is 416 g/mol. The molecular weight excluding hydrogens is 404 g/mol. The fraction of sp³-hybridized carbons (Fsp3) is 0.0345. The second-order valence-electron chi connectivity index (χ2n) is 8.18. The number of fused-ring (bicyclic) bond motifs is 10. The quantitative estimate of drug-likeness (QED) is 0.326. The molecule has 0 heterocycles. The highest BCUT2D eigenvalue weighted by molar-refractivity contribution is 5.96. The summed E-state index contributed by atoms with van der Waals surface area (Å²) in [4.78, 5) is 0. The maximum atomic E-state index is 9.79. The molecule has 0 N–H and O–H groups in total. The molecule has 4 aromatic carbocycles. The molecule has 4 heteroatoms. The summed E-state index contributed by atoms with van der Waals surface area (Å²) in [5, 5.41) is 38.9. The smallest absolute Gasteiger partial charge is 0.101 e. The van der Waals surface area contributed by atoms with Crippen molar-refractivity contribution in [3.05, 3.63) is 117 Å². The molecule has 4 aromatic rings. The van der Waals surface area contributed by atoms with Gasteiger partial charge in [0.2, 0.25) is 0 Å². The first-order chi connectivity index (χ1) is 16.2. The summed E-state index contributed by atoms with van der Waals surface area (Å²) >= 11 is 0. The van der Waals surface area contributed by atoms with Gasteiger partial charge in [0, 0.05) is 0 Å². The highest BCUT2D eigenvalue weighted by Crippen LogP contribution is 2.63. The minimum atomic E-state index is -0.739. The first-order valence-electron chi connectivity index (χ1n) is 10.4. The van der Waals surface area contributed by atoms with E-state index in [-0.39, 0.29) is 0 Å². The molecule has 148 valence electrons. The van der Waals surface area contributed by atoms with Crippen molar-refractivity contribution in [1.82, 2.24) is 0 Å². The molecule has 4 nitrogen and oxygen atoms in total. The molecule has 2 aliphatic rings. The normalized spacial score (nSPS) is 13.0. The Morgan fingerprint density at radius 1 is 0.424 bits per heavy atom. The molecule has 0 fully saturated rings. The van der Waals surface area contributed by atoms with Crippen LogP contribution in [0.3, 0.4) is 0 Å². The number of nitriles is 4. The molecule has 1 spiro atoms. The van der Waals surface area contributed by atoms with Crippen LogP contribution < -0.4 is 0 Å².